The molecule has 57 heavy (non-hydrogen) atoms. The van der Waals surface area contributed by atoms with Crippen molar-refractivity contribution in [2.24, 2.45) is 34.5 Å². The minimum atomic E-state index is -4.61. The Hall–Kier alpha value is -4.75. The summed E-state index contributed by atoms with van der Waals surface area (Å²) in [7, 11) is 0. The topological polar surface area (TPSA) is 85.6 Å². The SMILES string of the molecule is CC1(C)C(C=C(Cl)Cl)C1C(=O)O[C@H](C#N)c1cccc(Oc2ccccc2)c1.Cc1c(COC(=O)C2C(/C=C(\Cl)C(F)(F)F)C2(C)C)cccc1-c1ccccc1. The van der Waals surface area contributed by atoms with Crippen LogP contribution in [0.5, 0.6) is 11.5 Å². The van der Waals surface area contributed by atoms with Crippen molar-refractivity contribution in [3.05, 3.63) is 141 Å². The Morgan fingerprint density at radius 1 is 0.789 bits per heavy atom. The van der Waals surface area contributed by atoms with Crippen LogP contribution in [0.1, 0.15) is 50.5 Å². The van der Waals surface area contributed by atoms with Crippen molar-refractivity contribution in [1.29, 1.82) is 5.26 Å². The lowest BCUT2D eigenvalue weighted by atomic mass is 9.97. The molecule has 4 aromatic carbocycles. The van der Waals surface area contributed by atoms with Crippen LogP contribution in [0.2, 0.25) is 0 Å². The molecule has 6 rings (SSSR count). The van der Waals surface area contributed by atoms with Crippen molar-refractivity contribution in [3.8, 4) is 28.7 Å². The van der Waals surface area contributed by atoms with Crippen LogP contribution in [-0.2, 0) is 25.7 Å². The number of allylic oxidation sites excluding steroid dienone is 3. The smallest absolute Gasteiger partial charge is 0.426 e. The van der Waals surface area contributed by atoms with E-state index in [4.69, 9.17) is 49.0 Å². The molecule has 2 aliphatic rings. The maximum Gasteiger partial charge on any atom is 0.426 e. The van der Waals surface area contributed by atoms with Crippen LogP contribution in [0, 0.1) is 52.8 Å². The van der Waals surface area contributed by atoms with Gasteiger partial charge in [0.25, 0.3) is 0 Å². The first kappa shape index (κ1) is 43.4. The standard InChI is InChI=1S/C23H22ClF3O2.C22H19Cl2NO3/c1-14-16(10-7-11-17(14)15-8-5-4-6-9-15)13-29-21(28)20-18(22(20,2)3)12-19(24)23(25,26)27;1-22(2)17(12-19(23)24)20(22)21(26)28-18(13-25)14-7-6-10-16(11-14)27-15-8-4-3-5-9-15/h4-12,18,20H,13H2,1-3H3;3-12,17-18,20H,1-2H3/b19-12-;/t;17?,18-,20?/m.1/s1. The molecule has 5 atom stereocenters. The van der Waals surface area contributed by atoms with E-state index in [2.05, 4.69) is 0 Å². The molecular formula is C45H41Cl3F3NO5. The molecule has 0 amide bonds. The van der Waals surface area contributed by atoms with E-state index >= 15 is 0 Å². The number of rotatable bonds is 11. The largest absolute Gasteiger partial charge is 0.461 e. The van der Waals surface area contributed by atoms with Crippen LogP contribution in [0.15, 0.2) is 125 Å². The number of ether oxygens (including phenoxy) is 3. The maximum atomic E-state index is 12.7. The first-order valence-electron chi connectivity index (χ1n) is 18.1. The van der Waals surface area contributed by atoms with Gasteiger partial charge in [0.05, 0.1) is 11.8 Å². The Bertz CT molecular complexity index is 2180. The number of benzene rings is 4. The lowest BCUT2D eigenvalue weighted by Crippen LogP contribution is -2.14. The highest BCUT2D eigenvalue weighted by Gasteiger charge is 2.63. The van der Waals surface area contributed by atoms with Gasteiger partial charge in [0.1, 0.15) is 33.7 Å². The molecule has 4 aromatic rings. The summed E-state index contributed by atoms with van der Waals surface area (Å²) in [6.07, 6.45) is -3.07. The van der Waals surface area contributed by atoms with Gasteiger partial charge in [-0.2, -0.15) is 18.4 Å². The van der Waals surface area contributed by atoms with E-state index in [1.54, 1.807) is 44.2 Å². The fourth-order valence-corrected chi connectivity index (χ4v) is 7.41. The third kappa shape index (κ3) is 10.6. The molecule has 0 spiro atoms. The van der Waals surface area contributed by atoms with Crippen molar-refractivity contribution in [1.82, 2.24) is 0 Å². The molecule has 0 N–H and O–H groups in total. The van der Waals surface area contributed by atoms with Gasteiger partial charge >= 0.3 is 18.1 Å². The molecule has 0 bridgehead atoms. The minimum Gasteiger partial charge on any atom is -0.461 e. The fourth-order valence-electron chi connectivity index (χ4n) is 7.00. The van der Waals surface area contributed by atoms with Crippen molar-refractivity contribution < 1.29 is 37.0 Å². The zero-order valence-corrected chi connectivity index (χ0v) is 34.1. The Labute approximate surface area is 345 Å². The fraction of sp³-hybridized carbons (Fsp3) is 0.311. The Kier molecular flexibility index (Phi) is 13.5. The van der Waals surface area contributed by atoms with Gasteiger partial charge in [-0.25, -0.2) is 0 Å². The van der Waals surface area contributed by atoms with E-state index in [9.17, 15) is 28.0 Å². The number of nitrogens with zero attached hydrogens (tertiary/aromatic N) is 1. The van der Waals surface area contributed by atoms with Crippen LogP contribution >= 0.6 is 34.8 Å². The highest BCUT2D eigenvalue weighted by atomic mass is 35.5. The zero-order chi connectivity index (χ0) is 41.7. The van der Waals surface area contributed by atoms with Gasteiger partial charge in [0.2, 0.25) is 6.10 Å². The van der Waals surface area contributed by atoms with Gasteiger partial charge in [0.15, 0.2) is 0 Å². The number of carbonyl (C=O) groups is 2. The van der Waals surface area contributed by atoms with Gasteiger partial charge in [0, 0.05) is 5.56 Å². The summed E-state index contributed by atoms with van der Waals surface area (Å²) < 4.78 is 54.9. The molecule has 298 valence electrons. The number of halogens is 6. The quantitative estimate of drug-likeness (QED) is 0.140. The normalized spacial score (nSPS) is 20.7. The molecule has 2 fully saturated rings. The zero-order valence-electron chi connectivity index (χ0n) is 31.8. The third-order valence-corrected chi connectivity index (χ3v) is 11.2. The summed E-state index contributed by atoms with van der Waals surface area (Å²) >= 11 is 16.8. The van der Waals surface area contributed by atoms with Crippen LogP contribution in [0.3, 0.4) is 0 Å². The Morgan fingerprint density at radius 2 is 1.35 bits per heavy atom. The summed E-state index contributed by atoms with van der Waals surface area (Å²) in [5.41, 5.74) is 3.58. The van der Waals surface area contributed by atoms with Crippen LogP contribution < -0.4 is 4.74 Å². The summed E-state index contributed by atoms with van der Waals surface area (Å²) in [6.45, 7) is 9.38. The molecular weight excluding hydrogens is 798 g/mol. The summed E-state index contributed by atoms with van der Waals surface area (Å²) in [4.78, 5) is 25.1. The molecule has 2 aliphatic carbocycles. The molecule has 6 nitrogen and oxygen atoms in total. The van der Waals surface area contributed by atoms with E-state index in [0.29, 0.717) is 17.1 Å². The number of alkyl halides is 3. The molecule has 0 aliphatic heterocycles. The van der Waals surface area contributed by atoms with E-state index in [1.165, 1.54) is 0 Å². The van der Waals surface area contributed by atoms with Gasteiger partial charge in [-0.1, -0.05) is 147 Å². The number of carbonyl (C=O) groups excluding carboxylic acids is 2. The predicted octanol–water partition coefficient (Wildman–Crippen LogP) is 12.8. The number of hydrogen-bond donors (Lipinski definition) is 0. The number of para-hydroxylation sites is 1. The van der Waals surface area contributed by atoms with Crippen molar-refractivity contribution >= 4 is 46.7 Å². The third-order valence-electron chi connectivity index (χ3n) is 10.6. The van der Waals surface area contributed by atoms with Gasteiger partial charge < -0.3 is 14.2 Å². The lowest BCUT2D eigenvalue weighted by molar-refractivity contribution is -0.149. The van der Waals surface area contributed by atoms with Crippen LogP contribution in [-0.4, -0.2) is 18.1 Å². The first-order valence-corrected chi connectivity index (χ1v) is 19.2. The molecule has 0 heterocycles. The predicted molar refractivity (Wildman–Crippen MR) is 215 cm³/mol. The average molecular weight is 839 g/mol. The van der Waals surface area contributed by atoms with Gasteiger partial charge in [-0.3, -0.25) is 9.59 Å². The molecule has 0 aromatic heterocycles. The second kappa shape index (κ2) is 17.8. The van der Waals surface area contributed by atoms with Crippen molar-refractivity contribution in [2.45, 2.75) is 53.5 Å². The second-order valence-electron chi connectivity index (χ2n) is 15.1. The lowest BCUT2D eigenvalue weighted by Gasteiger charge is -2.13. The van der Waals surface area contributed by atoms with Crippen LogP contribution in [0.4, 0.5) is 13.2 Å². The number of nitriles is 1. The van der Waals surface area contributed by atoms with E-state index in [-0.39, 0.29) is 28.3 Å². The van der Waals surface area contributed by atoms with E-state index in [1.807, 2.05) is 106 Å². The van der Waals surface area contributed by atoms with Crippen LogP contribution in [0.25, 0.3) is 11.1 Å². The summed E-state index contributed by atoms with van der Waals surface area (Å²) in [5.74, 6) is -1.46. The highest BCUT2D eigenvalue weighted by molar-refractivity contribution is 6.55. The Morgan fingerprint density at radius 3 is 1.95 bits per heavy atom. The number of esters is 2. The van der Waals surface area contributed by atoms with E-state index in [0.717, 1.165) is 28.3 Å². The summed E-state index contributed by atoms with van der Waals surface area (Å²) in [6, 6.07) is 33.9. The van der Waals surface area contributed by atoms with Crippen molar-refractivity contribution in [2.75, 3.05) is 0 Å². The summed E-state index contributed by atoms with van der Waals surface area (Å²) in [5, 5.41) is 8.33. The second-order valence-corrected chi connectivity index (χ2v) is 16.5. The maximum absolute atomic E-state index is 12.7. The van der Waals surface area contributed by atoms with Gasteiger partial charge in [-0.05, 0) is 82.2 Å². The molecule has 0 saturated heterocycles. The Balaban J connectivity index is 0.000000218. The minimum absolute atomic E-state index is 0.0708. The highest BCUT2D eigenvalue weighted by Crippen LogP contribution is 2.61. The molecule has 0 radical (unpaired) electrons. The van der Waals surface area contributed by atoms with Crippen molar-refractivity contribution in [3.63, 3.8) is 0 Å². The molecule has 4 unspecified atom stereocenters. The number of hydrogen-bond acceptors (Lipinski definition) is 6. The van der Waals surface area contributed by atoms with Gasteiger partial charge in [-0.15, -0.1) is 0 Å². The molecule has 12 heteroatoms. The first-order chi connectivity index (χ1) is 26.9. The average Bonchev–Trinajstić information content (AvgIpc) is 3.93. The molecule has 2 saturated carbocycles. The monoisotopic (exact) mass is 837 g/mol. The van der Waals surface area contributed by atoms with E-state index < -0.39 is 46.5 Å².